The average molecular weight is 224 g/mol. The third-order valence-electron chi connectivity index (χ3n) is 2.59. The van der Waals surface area contributed by atoms with Crippen LogP contribution in [0.3, 0.4) is 0 Å². The standard InChI is InChI=1S/C12H17FN2O/c1-3-8(2)15-7-10-5-4-9(12(14)16)6-11(10)13/h4-6,8,15H,3,7H2,1-2H3,(H2,14,16). The second-order valence-corrected chi connectivity index (χ2v) is 3.86. The Morgan fingerprint density at radius 2 is 2.25 bits per heavy atom. The normalized spacial score (nSPS) is 12.4. The van der Waals surface area contributed by atoms with Crippen molar-refractivity contribution in [1.29, 1.82) is 0 Å². The Hall–Kier alpha value is -1.42. The van der Waals surface area contributed by atoms with Crippen LogP contribution in [0.4, 0.5) is 4.39 Å². The summed E-state index contributed by atoms with van der Waals surface area (Å²) in [5.74, 6) is -1.01. The molecule has 3 nitrogen and oxygen atoms in total. The molecule has 1 rings (SSSR count). The van der Waals surface area contributed by atoms with Gasteiger partial charge in [-0.15, -0.1) is 0 Å². The van der Waals surface area contributed by atoms with E-state index in [-0.39, 0.29) is 5.56 Å². The van der Waals surface area contributed by atoms with Crippen LogP contribution in [-0.2, 0) is 6.54 Å². The summed E-state index contributed by atoms with van der Waals surface area (Å²) in [6, 6.07) is 4.65. The molecular weight excluding hydrogens is 207 g/mol. The van der Waals surface area contributed by atoms with Crippen molar-refractivity contribution in [3.63, 3.8) is 0 Å². The molecule has 0 aliphatic rings. The molecule has 0 radical (unpaired) electrons. The third kappa shape index (κ3) is 3.31. The molecule has 1 aromatic rings. The van der Waals surface area contributed by atoms with E-state index in [0.717, 1.165) is 6.42 Å². The van der Waals surface area contributed by atoms with E-state index in [0.29, 0.717) is 18.2 Å². The van der Waals surface area contributed by atoms with Gasteiger partial charge in [-0.05, 0) is 25.5 Å². The van der Waals surface area contributed by atoms with E-state index in [1.165, 1.54) is 6.07 Å². The first-order valence-electron chi connectivity index (χ1n) is 5.36. The Morgan fingerprint density at radius 1 is 1.56 bits per heavy atom. The summed E-state index contributed by atoms with van der Waals surface area (Å²) < 4.78 is 13.5. The highest BCUT2D eigenvalue weighted by Crippen LogP contribution is 2.10. The molecule has 0 aliphatic carbocycles. The zero-order valence-corrected chi connectivity index (χ0v) is 9.59. The number of rotatable bonds is 5. The predicted molar refractivity (Wildman–Crippen MR) is 61.5 cm³/mol. The predicted octanol–water partition coefficient (Wildman–Crippen LogP) is 1.81. The highest BCUT2D eigenvalue weighted by atomic mass is 19.1. The van der Waals surface area contributed by atoms with E-state index in [1.54, 1.807) is 12.1 Å². The summed E-state index contributed by atoms with van der Waals surface area (Å²) >= 11 is 0. The molecule has 4 heteroatoms. The first-order valence-corrected chi connectivity index (χ1v) is 5.36. The van der Waals surface area contributed by atoms with Crippen molar-refractivity contribution >= 4 is 5.91 Å². The molecule has 3 N–H and O–H groups in total. The molecule has 0 bridgehead atoms. The summed E-state index contributed by atoms with van der Waals surface area (Å²) in [6.07, 6.45) is 0.987. The van der Waals surface area contributed by atoms with Crippen molar-refractivity contribution in [3.8, 4) is 0 Å². The fraction of sp³-hybridized carbons (Fsp3) is 0.417. The number of primary amides is 1. The molecule has 0 heterocycles. The highest BCUT2D eigenvalue weighted by molar-refractivity contribution is 5.92. The number of carbonyl (C=O) groups is 1. The lowest BCUT2D eigenvalue weighted by atomic mass is 10.1. The summed E-state index contributed by atoms with van der Waals surface area (Å²) in [5.41, 5.74) is 5.80. The van der Waals surface area contributed by atoms with Gasteiger partial charge in [-0.1, -0.05) is 13.0 Å². The number of benzene rings is 1. The molecular formula is C12H17FN2O. The van der Waals surface area contributed by atoms with Crippen molar-refractivity contribution in [3.05, 3.63) is 35.1 Å². The van der Waals surface area contributed by atoms with Crippen molar-refractivity contribution < 1.29 is 9.18 Å². The Labute approximate surface area is 94.8 Å². The van der Waals surface area contributed by atoms with Crippen molar-refractivity contribution in [2.45, 2.75) is 32.9 Å². The smallest absolute Gasteiger partial charge is 0.248 e. The Bertz CT molecular complexity index is 379. The fourth-order valence-corrected chi connectivity index (χ4v) is 1.27. The summed E-state index contributed by atoms with van der Waals surface area (Å²) in [5, 5.41) is 3.18. The summed E-state index contributed by atoms with van der Waals surface area (Å²) in [7, 11) is 0. The van der Waals surface area contributed by atoms with Crippen LogP contribution in [-0.4, -0.2) is 11.9 Å². The van der Waals surface area contributed by atoms with E-state index in [4.69, 9.17) is 5.73 Å². The lowest BCUT2D eigenvalue weighted by molar-refractivity contribution is 0.1000. The minimum absolute atomic E-state index is 0.199. The Balaban J connectivity index is 2.72. The largest absolute Gasteiger partial charge is 0.366 e. The molecule has 0 aliphatic heterocycles. The topological polar surface area (TPSA) is 55.1 Å². The van der Waals surface area contributed by atoms with Crippen molar-refractivity contribution in [2.24, 2.45) is 5.73 Å². The summed E-state index contributed by atoms with van der Waals surface area (Å²) in [4.78, 5) is 10.8. The van der Waals surface area contributed by atoms with Gasteiger partial charge in [0, 0.05) is 23.7 Å². The monoisotopic (exact) mass is 224 g/mol. The lowest BCUT2D eigenvalue weighted by Gasteiger charge is -2.11. The van der Waals surface area contributed by atoms with Crippen LogP contribution < -0.4 is 11.1 Å². The zero-order valence-electron chi connectivity index (χ0n) is 9.59. The molecule has 1 amide bonds. The lowest BCUT2D eigenvalue weighted by Crippen LogP contribution is -2.25. The quantitative estimate of drug-likeness (QED) is 0.801. The molecule has 16 heavy (non-hydrogen) atoms. The molecule has 0 saturated heterocycles. The van der Waals surface area contributed by atoms with Gasteiger partial charge >= 0.3 is 0 Å². The maximum atomic E-state index is 13.5. The number of hydrogen-bond donors (Lipinski definition) is 2. The van der Waals surface area contributed by atoms with Crippen LogP contribution >= 0.6 is 0 Å². The van der Waals surface area contributed by atoms with Gasteiger partial charge in [-0.2, -0.15) is 0 Å². The third-order valence-corrected chi connectivity index (χ3v) is 2.59. The maximum Gasteiger partial charge on any atom is 0.248 e. The van der Waals surface area contributed by atoms with Gasteiger partial charge < -0.3 is 11.1 Å². The molecule has 1 atom stereocenters. The number of nitrogens with two attached hydrogens (primary N) is 1. The number of halogens is 1. The van der Waals surface area contributed by atoms with Crippen molar-refractivity contribution in [1.82, 2.24) is 5.32 Å². The van der Waals surface area contributed by atoms with E-state index < -0.39 is 11.7 Å². The van der Waals surface area contributed by atoms with Gasteiger partial charge in [-0.3, -0.25) is 4.79 Å². The van der Waals surface area contributed by atoms with E-state index in [1.807, 2.05) is 6.92 Å². The van der Waals surface area contributed by atoms with Crippen LogP contribution in [0.25, 0.3) is 0 Å². The highest BCUT2D eigenvalue weighted by Gasteiger charge is 2.07. The van der Waals surface area contributed by atoms with Crippen LogP contribution in [0.1, 0.15) is 36.2 Å². The minimum Gasteiger partial charge on any atom is -0.366 e. The van der Waals surface area contributed by atoms with Crippen molar-refractivity contribution in [2.75, 3.05) is 0 Å². The van der Waals surface area contributed by atoms with Gasteiger partial charge in [0.2, 0.25) is 5.91 Å². The molecule has 0 saturated carbocycles. The molecule has 1 unspecified atom stereocenters. The number of amides is 1. The van der Waals surface area contributed by atoms with Gasteiger partial charge in [0.25, 0.3) is 0 Å². The van der Waals surface area contributed by atoms with Gasteiger partial charge in [0.1, 0.15) is 5.82 Å². The SMILES string of the molecule is CCC(C)NCc1ccc(C(N)=O)cc1F. The first-order chi connectivity index (χ1) is 7.54. The van der Waals surface area contributed by atoms with E-state index in [2.05, 4.69) is 12.2 Å². The number of nitrogens with one attached hydrogen (secondary N) is 1. The van der Waals surface area contributed by atoms with Crippen LogP contribution in [0.15, 0.2) is 18.2 Å². The van der Waals surface area contributed by atoms with Crippen LogP contribution in [0, 0.1) is 5.82 Å². The number of carbonyl (C=O) groups excluding carboxylic acids is 1. The second kappa shape index (κ2) is 5.61. The summed E-state index contributed by atoms with van der Waals surface area (Å²) in [6.45, 7) is 4.56. The molecule has 88 valence electrons. The first kappa shape index (κ1) is 12.6. The minimum atomic E-state index is -0.611. The zero-order chi connectivity index (χ0) is 12.1. The molecule has 0 aromatic heterocycles. The van der Waals surface area contributed by atoms with Gasteiger partial charge in [-0.25, -0.2) is 4.39 Å². The Kier molecular flexibility index (Phi) is 4.43. The van der Waals surface area contributed by atoms with Crippen LogP contribution in [0.5, 0.6) is 0 Å². The van der Waals surface area contributed by atoms with E-state index in [9.17, 15) is 9.18 Å². The fourth-order valence-electron chi connectivity index (χ4n) is 1.27. The van der Waals surface area contributed by atoms with Gasteiger partial charge in [0.15, 0.2) is 0 Å². The molecule has 1 aromatic carbocycles. The van der Waals surface area contributed by atoms with Crippen LogP contribution in [0.2, 0.25) is 0 Å². The average Bonchev–Trinajstić information content (AvgIpc) is 2.26. The second-order valence-electron chi connectivity index (χ2n) is 3.86. The van der Waals surface area contributed by atoms with Gasteiger partial charge in [0.05, 0.1) is 0 Å². The molecule has 0 spiro atoms. The van der Waals surface area contributed by atoms with E-state index >= 15 is 0 Å². The maximum absolute atomic E-state index is 13.5. The number of hydrogen-bond acceptors (Lipinski definition) is 2. The molecule has 0 fully saturated rings. The Morgan fingerprint density at radius 3 is 2.75 bits per heavy atom.